The highest BCUT2D eigenvalue weighted by Gasteiger charge is 2.24. The van der Waals surface area contributed by atoms with Crippen molar-refractivity contribution in [3.05, 3.63) is 59.2 Å². The summed E-state index contributed by atoms with van der Waals surface area (Å²) in [5, 5.41) is 0. The first kappa shape index (κ1) is 10.9. The fraction of sp³-hybridized carbons (Fsp3) is 0.250. The van der Waals surface area contributed by atoms with Gasteiger partial charge in [0.25, 0.3) is 0 Å². The lowest BCUT2D eigenvalue weighted by Crippen LogP contribution is -2.15. The first-order chi connectivity index (χ1) is 9.38. The van der Waals surface area contributed by atoms with Crippen LogP contribution in [0.1, 0.15) is 16.7 Å². The number of fused-ring (bicyclic) bond motifs is 2. The summed E-state index contributed by atoms with van der Waals surface area (Å²) in [7, 11) is 0. The molecule has 2 aliphatic rings. The minimum Gasteiger partial charge on any atom is -0.454 e. The van der Waals surface area contributed by atoms with Crippen LogP contribution in [0.3, 0.4) is 0 Å². The normalized spacial score (nSPS) is 16.6. The first-order valence-electron chi connectivity index (χ1n) is 6.56. The smallest absolute Gasteiger partial charge is 0.231 e. The highest BCUT2D eigenvalue weighted by Crippen LogP contribution is 2.38. The molecule has 0 N–H and O–H groups in total. The van der Waals surface area contributed by atoms with Gasteiger partial charge in [-0.3, -0.25) is 4.90 Å². The topological polar surface area (TPSA) is 21.7 Å². The van der Waals surface area contributed by atoms with Crippen molar-refractivity contribution in [1.82, 2.24) is 4.90 Å². The molecule has 0 atom stereocenters. The molecule has 3 heteroatoms. The third kappa shape index (κ3) is 1.96. The Morgan fingerprint density at radius 2 is 1.53 bits per heavy atom. The summed E-state index contributed by atoms with van der Waals surface area (Å²) in [4.78, 5) is 2.44. The van der Waals surface area contributed by atoms with Crippen LogP contribution < -0.4 is 9.47 Å². The van der Waals surface area contributed by atoms with E-state index in [9.17, 15) is 0 Å². The van der Waals surface area contributed by atoms with E-state index >= 15 is 0 Å². The molecule has 96 valence electrons. The molecule has 19 heavy (non-hydrogen) atoms. The van der Waals surface area contributed by atoms with Gasteiger partial charge in [0.15, 0.2) is 11.5 Å². The Labute approximate surface area is 112 Å². The molecule has 0 bridgehead atoms. The molecule has 2 aromatic carbocycles. The van der Waals surface area contributed by atoms with E-state index in [2.05, 4.69) is 47.4 Å². The lowest BCUT2D eigenvalue weighted by Gasteiger charge is -2.14. The molecule has 2 aliphatic heterocycles. The molecule has 2 heterocycles. The number of hydrogen-bond acceptors (Lipinski definition) is 3. The summed E-state index contributed by atoms with van der Waals surface area (Å²) in [6, 6.07) is 14.8. The summed E-state index contributed by atoms with van der Waals surface area (Å²) in [6.45, 7) is 3.32. The van der Waals surface area contributed by atoms with Crippen molar-refractivity contribution in [2.24, 2.45) is 0 Å². The van der Waals surface area contributed by atoms with E-state index in [4.69, 9.17) is 9.47 Å². The number of nitrogens with zero attached hydrogens (tertiary/aromatic N) is 1. The molecule has 4 rings (SSSR count). The fourth-order valence-corrected chi connectivity index (χ4v) is 2.81. The standard InChI is InChI=1S/C16H15NO2/c1-2-4-12(5-3-1)8-17-9-13-6-15-16(19-11-18-15)7-14(13)10-17/h1-7H,8-11H2. The van der Waals surface area contributed by atoms with Crippen LogP contribution in [0.2, 0.25) is 0 Å². The van der Waals surface area contributed by atoms with Crippen LogP contribution in [0.5, 0.6) is 11.5 Å². The maximum atomic E-state index is 5.44. The highest BCUT2D eigenvalue weighted by atomic mass is 16.7. The summed E-state index contributed by atoms with van der Waals surface area (Å²) >= 11 is 0. The Bertz CT molecular complexity index is 577. The van der Waals surface area contributed by atoms with E-state index in [0.29, 0.717) is 6.79 Å². The largest absolute Gasteiger partial charge is 0.454 e. The molecule has 0 aliphatic carbocycles. The van der Waals surface area contributed by atoms with Crippen molar-refractivity contribution in [3.8, 4) is 11.5 Å². The van der Waals surface area contributed by atoms with E-state index in [0.717, 1.165) is 31.1 Å². The van der Waals surface area contributed by atoms with Gasteiger partial charge in [0.2, 0.25) is 6.79 Å². The van der Waals surface area contributed by atoms with Crippen LogP contribution in [0.25, 0.3) is 0 Å². The SMILES string of the molecule is c1ccc(CN2Cc3cc4c(cc3C2)OCO4)cc1. The van der Waals surface area contributed by atoms with Crippen LogP contribution in [-0.2, 0) is 19.6 Å². The quantitative estimate of drug-likeness (QED) is 0.821. The Morgan fingerprint density at radius 3 is 2.16 bits per heavy atom. The zero-order chi connectivity index (χ0) is 12.7. The predicted octanol–water partition coefficient (Wildman–Crippen LogP) is 2.93. The average Bonchev–Trinajstić information content (AvgIpc) is 3.01. The molecule has 0 fully saturated rings. The maximum Gasteiger partial charge on any atom is 0.231 e. The predicted molar refractivity (Wildman–Crippen MR) is 72.0 cm³/mol. The van der Waals surface area contributed by atoms with Gasteiger partial charge >= 0.3 is 0 Å². The van der Waals surface area contributed by atoms with Crippen LogP contribution in [0.15, 0.2) is 42.5 Å². The third-order valence-corrected chi connectivity index (χ3v) is 3.73. The molecule has 0 spiro atoms. The Balaban J connectivity index is 1.55. The summed E-state index contributed by atoms with van der Waals surface area (Å²) < 4.78 is 10.9. The number of benzene rings is 2. The molecule has 0 saturated carbocycles. The Hall–Kier alpha value is -2.00. The van der Waals surface area contributed by atoms with Gasteiger partial charge in [-0.25, -0.2) is 0 Å². The lowest BCUT2D eigenvalue weighted by atomic mass is 10.1. The Kier molecular flexibility index (Phi) is 2.45. The van der Waals surface area contributed by atoms with Gasteiger partial charge < -0.3 is 9.47 Å². The summed E-state index contributed by atoms with van der Waals surface area (Å²) in [5.74, 6) is 1.78. The zero-order valence-electron chi connectivity index (χ0n) is 10.6. The van der Waals surface area contributed by atoms with E-state index in [1.807, 2.05) is 0 Å². The molecule has 0 radical (unpaired) electrons. The maximum absolute atomic E-state index is 5.44. The van der Waals surface area contributed by atoms with Crippen molar-refractivity contribution in [2.45, 2.75) is 19.6 Å². The highest BCUT2D eigenvalue weighted by molar-refractivity contribution is 5.49. The van der Waals surface area contributed by atoms with E-state index in [-0.39, 0.29) is 0 Å². The minimum absolute atomic E-state index is 0.353. The molecule has 0 unspecified atom stereocenters. The van der Waals surface area contributed by atoms with Gasteiger partial charge in [-0.2, -0.15) is 0 Å². The Morgan fingerprint density at radius 1 is 0.895 bits per heavy atom. The van der Waals surface area contributed by atoms with Crippen LogP contribution in [0.4, 0.5) is 0 Å². The third-order valence-electron chi connectivity index (χ3n) is 3.73. The van der Waals surface area contributed by atoms with Crippen LogP contribution in [-0.4, -0.2) is 11.7 Å². The first-order valence-corrected chi connectivity index (χ1v) is 6.56. The van der Waals surface area contributed by atoms with E-state index in [1.54, 1.807) is 0 Å². The van der Waals surface area contributed by atoms with Gasteiger partial charge in [-0.1, -0.05) is 30.3 Å². The van der Waals surface area contributed by atoms with E-state index in [1.165, 1.54) is 16.7 Å². The van der Waals surface area contributed by atoms with Gasteiger partial charge in [-0.15, -0.1) is 0 Å². The lowest BCUT2D eigenvalue weighted by molar-refractivity contribution is 0.173. The minimum atomic E-state index is 0.353. The summed E-state index contributed by atoms with van der Waals surface area (Å²) in [5.41, 5.74) is 4.08. The van der Waals surface area contributed by atoms with E-state index < -0.39 is 0 Å². The fourth-order valence-electron chi connectivity index (χ4n) is 2.81. The van der Waals surface area contributed by atoms with Crippen molar-refractivity contribution in [2.75, 3.05) is 6.79 Å². The average molecular weight is 253 g/mol. The van der Waals surface area contributed by atoms with Gasteiger partial charge in [-0.05, 0) is 28.8 Å². The van der Waals surface area contributed by atoms with Crippen LogP contribution in [0, 0.1) is 0 Å². The molecule has 0 amide bonds. The number of rotatable bonds is 2. The molecular formula is C16H15NO2. The van der Waals surface area contributed by atoms with Crippen molar-refractivity contribution >= 4 is 0 Å². The van der Waals surface area contributed by atoms with Crippen molar-refractivity contribution in [3.63, 3.8) is 0 Å². The molecular weight excluding hydrogens is 238 g/mol. The van der Waals surface area contributed by atoms with Gasteiger partial charge in [0, 0.05) is 19.6 Å². The van der Waals surface area contributed by atoms with Crippen molar-refractivity contribution in [1.29, 1.82) is 0 Å². The number of ether oxygens (including phenoxy) is 2. The summed E-state index contributed by atoms with van der Waals surface area (Å²) in [6.07, 6.45) is 0. The van der Waals surface area contributed by atoms with Crippen molar-refractivity contribution < 1.29 is 9.47 Å². The number of hydrogen-bond donors (Lipinski definition) is 0. The monoisotopic (exact) mass is 253 g/mol. The van der Waals surface area contributed by atoms with Crippen LogP contribution >= 0.6 is 0 Å². The molecule has 2 aromatic rings. The molecule has 0 aromatic heterocycles. The van der Waals surface area contributed by atoms with Gasteiger partial charge in [0.1, 0.15) is 0 Å². The molecule has 0 saturated heterocycles. The van der Waals surface area contributed by atoms with Gasteiger partial charge in [0.05, 0.1) is 0 Å². The second kappa shape index (κ2) is 4.28. The second-order valence-electron chi connectivity index (χ2n) is 5.10. The zero-order valence-corrected chi connectivity index (χ0v) is 10.6. The molecule has 3 nitrogen and oxygen atoms in total. The second-order valence-corrected chi connectivity index (χ2v) is 5.10.